The Morgan fingerprint density at radius 2 is 2.04 bits per heavy atom. The van der Waals surface area contributed by atoms with Gasteiger partial charge in [-0.05, 0) is 45.4 Å². The number of Topliss-reactive ketones (excluding diaryl/α,β-unsaturated/α-hetero) is 1. The van der Waals surface area contributed by atoms with E-state index in [4.69, 9.17) is 4.74 Å². The van der Waals surface area contributed by atoms with Gasteiger partial charge in [-0.15, -0.1) is 0 Å². The summed E-state index contributed by atoms with van der Waals surface area (Å²) in [5, 5.41) is 21.6. The first-order valence-corrected chi connectivity index (χ1v) is 9.23. The Balaban J connectivity index is 2.36. The van der Waals surface area contributed by atoms with Gasteiger partial charge in [0.25, 0.3) is 0 Å². The number of fused-ring (bicyclic) bond motifs is 1. The monoisotopic (exact) mass is 352 g/mol. The summed E-state index contributed by atoms with van der Waals surface area (Å²) in [7, 11) is 0. The van der Waals surface area contributed by atoms with E-state index in [2.05, 4.69) is 0 Å². The Bertz CT molecular complexity index is 583. The third-order valence-electron chi connectivity index (χ3n) is 6.14. The molecule has 5 atom stereocenters. The smallest absolute Gasteiger partial charge is 0.309 e. The van der Waals surface area contributed by atoms with E-state index in [1.807, 2.05) is 20.8 Å². The molecule has 0 spiro atoms. The quantitative estimate of drug-likeness (QED) is 0.760. The van der Waals surface area contributed by atoms with Crippen molar-refractivity contribution in [2.24, 2.45) is 17.3 Å². The second-order valence-corrected chi connectivity index (χ2v) is 8.87. The summed E-state index contributed by atoms with van der Waals surface area (Å²) in [6.45, 7) is 10.6. The van der Waals surface area contributed by atoms with Gasteiger partial charge in [-0.1, -0.05) is 26.8 Å². The second-order valence-electron chi connectivity index (χ2n) is 8.87. The summed E-state index contributed by atoms with van der Waals surface area (Å²) < 4.78 is 5.64. The number of rotatable bonds is 4. The summed E-state index contributed by atoms with van der Waals surface area (Å²) in [4.78, 5) is 24.7. The van der Waals surface area contributed by atoms with Crippen LogP contribution >= 0.6 is 0 Å². The first kappa shape index (κ1) is 20.1. The summed E-state index contributed by atoms with van der Waals surface area (Å²) in [5.74, 6) is -0.936. The molecule has 2 aliphatic carbocycles. The topological polar surface area (TPSA) is 83.8 Å². The van der Waals surface area contributed by atoms with Gasteiger partial charge >= 0.3 is 5.97 Å². The van der Waals surface area contributed by atoms with Gasteiger partial charge in [0.1, 0.15) is 11.7 Å². The van der Waals surface area contributed by atoms with Crippen LogP contribution < -0.4 is 0 Å². The Kier molecular flexibility index (Phi) is 5.24. The molecule has 0 unspecified atom stereocenters. The van der Waals surface area contributed by atoms with Crippen LogP contribution in [0.3, 0.4) is 0 Å². The minimum atomic E-state index is -1.28. The summed E-state index contributed by atoms with van der Waals surface area (Å²) in [6, 6.07) is 0. The largest absolute Gasteiger partial charge is 0.459 e. The van der Waals surface area contributed by atoms with E-state index < -0.39 is 22.7 Å². The van der Waals surface area contributed by atoms with Crippen LogP contribution in [-0.2, 0) is 14.3 Å². The lowest BCUT2D eigenvalue weighted by atomic mass is 9.54. The normalized spacial score (nSPS) is 37.1. The summed E-state index contributed by atoms with van der Waals surface area (Å²) in [5.41, 5.74) is -2.60. The van der Waals surface area contributed by atoms with Crippen molar-refractivity contribution in [1.82, 2.24) is 0 Å². The molecule has 1 fully saturated rings. The van der Waals surface area contributed by atoms with E-state index in [0.717, 1.165) is 0 Å². The van der Waals surface area contributed by atoms with E-state index >= 15 is 0 Å². The Hall–Kier alpha value is -1.20. The molecule has 0 bridgehead atoms. The van der Waals surface area contributed by atoms with Gasteiger partial charge < -0.3 is 14.9 Å². The Morgan fingerprint density at radius 1 is 1.44 bits per heavy atom. The van der Waals surface area contributed by atoms with Crippen molar-refractivity contribution in [3.05, 3.63) is 11.6 Å². The predicted molar refractivity (Wildman–Crippen MR) is 94.8 cm³/mol. The summed E-state index contributed by atoms with van der Waals surface area (Å²) >= 11 is 0. The lowest BCUT2D eigenvalue weighted by Crippen LogP contribution is -2.59. The minimum absolute atomic E-state index is 0.0721. The van der Waals surface area contributed by atoms with Crippen LogP contribution in [0.5, 0.6) is 0 Å². The molecule has 142 valence electrons. The number of esters is 1. The number of ether oxygens (including phenoxy) is 1. The van der Waals surface area contributed by atoms with Crippen molar-refractivity contribution >= 4 is 11.8 Å². The fourth-order valence-corrected chi connectivity index (χ4v) is 4.25. The molecular weight excluding hydrogens is 320 g/mol. The van der Waals surface area contributed by atoms with Crippen molar-refractivity contribution < 1.29 is 24.5 Å². The van der Waals surface area contributed by atoms with Crippen LogP contribution in [-0.4, -0.2) is 39.3 Å². The number of carbonyl (C=O) groups is 2. The summed E-state index contributed by atoms with van der Waals surface area (Å²) in [6.07, 6.45) is 3.30. The zero-order valence-corrected chi connectivity index (χ0v) is 16.3. The highest BCUT2D eigenvalue weighted by molar-refractivity contribution is 5.98. The zero-order chi connectivity index (χ0) is 19.2. The maximum Gasteiger partial charge on any atom is 0.309 e. The first-order chi connectivity index (χ1) is 11.3. The molecule has 2 aliphatic rings. The third-order valence-corrected chi connectivity index (χ3v) is 6.14. The number of carbonyl (C=O) groups excluding carboxylic acids is 2. The SMILES string of the molecule is CC[C@@H](C)C(=O)O[C@H]1CC[C@]2(C)CC(=O)C(C(C)(C)O)=C[C@H]2[C@]1(C)O. The van der Waals surface area contributed by atoms with Gasteiger partial charge in [-0.2, -0.15) is 0 Å². The van der Waals surface area contributed by atoms with Gasteiger partial charge in [0.05, 0.1) is 11.5 Å². The van der Waals surface area contributed by atoms with Gasteiger partial charge in [0.15, 0.2) is 5.78 Å². The average Bonchev–Trinajstić information content (AvgIpc) is 2.47. The van der Waals surface area contributed by atoms with Gasteiger partial charge in [0, 0.05) is 17.9 Å². The van der Waals surface area contributed by atoms with Crippen molar-refractivity contribution in [1.29, 1.82) is 0 Å². The van der Waals surface area contributed by atoms with E-state index in [1.165, 1.54) is 0 Å². The van der Waals surface area contributed by atoms with Crippen LogP contribution in [0.4, 0.5) is 0 Å². The van der Waals surface area contributed by atoms with Crippen LogP contribution in [0.25, 0.3) is 0 Å². The van der Waals surface area contributed by atoms with E-state index in [1.54, 1.807) is 26.8 Å². The van der Waals surface area contributed by atoms with Crippen molar-refractivity contribution in [2.75, 3.05) is 0 Å². The van der Waals surface area contributed by atoms with Crippen molar-refractivity contribution in [3.8, 4) is 0 Å². The fraction of sp³-hybridized carbons (Fsp3) is 0.800. The fourth-order valence-electron chi connectivity index (χ4n) is 4.25. The van der Waals surface area contributed by atoms with Crippen molar-refractivity contribution in [2.45, 2.75) is 84.5 Å². The maximum atomic E-state index is 12.5. The number of aliphatic hydroxyl groups is 2. The second kappa shape index (κ2) is 6.51. The van der Waals surface area contributed by atoms with Gasteiger partial charge in [-0.3, -0.25) is 9.59 Å². The molecule has 5 heteroatoms. The number of ketones is 1. The molecule has 0 heterocycles. The predicted octanol–water partition coefficient (Wildman–Crippen LogP) is 2.78. The Morgan fingerprint density at radius 3 is 2.56 bits per heavy atom. The molecule has 0 aromatic heterocycles. The van der Waals surface area contributed by atoms with E-state index in [9.17, 15) is 19.8 Å². The highest BCUT2D eigenvalue weighted by atomic mass is 16.6. The van der Waals surface area contributed by atoms with Crippen molar-refractivity contribution in [3.63, 3.8) is 0 Å². The van der Waals surface area contributed by atoms with Crippen LogP contribution in [0.2, 0.25) is 0 Å². The first-order valence-electron chi connectivity index (χ1n) is 9.23. The highest BCUT2D eigenvalue weighted by Gasteiger charge is 2.57. The Labute approximate surface area is 150 Å². The molecule has 2 N–H and O–H groups in total. The van der Waals surface area contributed by atoms with Crippen LogP contribution in [0, 0.1) is 17.3 Å². The highest BCUT2D eigenvalue weighted by Crippen LogP contribution is 2.53. The average molecular weight is 352 g/mol. The molecule has 0 saturated heterocycles. The molecular formula is C20H32O5. The number of hydrogen-bond acceptors (Lipinski definition) is 5. The molecule has 0 aliphatic heterocycles. The van der Waals surface area contributed by atoms with Crippen LogP contribution in [0.1, 0.15) is 67.2 Å². The zero-order valence-electron chi connectivity index (χ0n) is 16.3. The molecule has 0 amide bonds. The molecule has 1 saturated carbocycles. The third kappa shape index (κ3) is 3.68. The molecule has 25 heavy (non-hydrogen) atoms. The van der Waals surface area contributed by atoms with Crippen LogP contribution in [0.15, 0.2) is 11.6 Å². The molecule has 0 radical (unpaired) electrons. The lowest BCUT2D eigenvalue weighted by molar-refractivity contribution is -0.194. The minimum Gasteiger partial charge on any atom is -0.459 e. The standard InChI is InChI=1S/C20H32O5/c1-7-12(2)17(22)25-16-8-9-19(5)11-14(21)13(18(3,4)23)10-15(19)20(16,6)24/h10,12,15-16,23-24H,7-9,11H2,1-6H3/t12-,15-,16+,19-,20+/m1/s1. The van der Waals surface area contributed by atoms with Gasteiger partial charge in [0.2, 0.25) is 0 Å². The molecule has 2 rings (SSSR count). The number of hydrogen-bond donors (Lipinski definition) is 2. The maximum absolute atomic E-state index is 12.5. The van der Waals surface area contributed by atoms with E-state index in [-0.39, 0.29) is 30.0 Å². The molecule has 0 aromatic rings. The lowest BCUT2D eigenvalue weighted by Gasteiger charge is -2.54. The van der Waals surface area contributed by atoms with E-state index in [0.29, 0.717) is 24.8 Å². The van der Waals surface area contributed by atoms with Gasteiger partial charge in [-0.25, -0.2) is 0 Å². The molecule has 5 nitrogen and oxygen atoms in total. The molecule has 0 aromatic carbocycles.